The van der Waals surface area contributed by atoms with E-state index in [1.165, 1.54) is 25.7 Å². The first-order chi connectivity index (χ1) is 4.79. The molecule has 0 unspecified atom stereocenters. The Hall–Kier alpha value is 0.207. The van der Waals surface area contributed by atoms with E-state index in [1.807, 2.05) is 0 Å². The standard InChI is InChI=1S/C10H17.Li/c1-9(2)7-8-10-5-3-4-6-10;/h7-9H,3-6H2,1-2H3;/q-1;+1/b8-7+;. The summed E-state index contributed by atoms with van der Waals surface area (Å²) in [5.74, 6) is 2.38. The van der Waals surface area contributed by atoms with Crippen LogP contribution in [0.25, 0.3) is 0 Å². The fourth-order valence-electron chi connectivity index (χ4n) is 1.32. The van der Waals surface area contributed by atoms with Crippen LogP contribution in [0.2, 0.25) is 0 Å². The van der Waals surface area contributed by atoms with Crippen molar-refractivity contribution in [3.63, 3.8) is 0 Å². The molecule has 0 heterocycles. The van der Waals surface area contributed by atoms with Gasteiger partial charge in [-0.3, -0.25) is 0 Å². The minimum atomic E-state index is 0. The third-order valence-corrected chi connectivity index (χ3v) is 1.96. The molecule has 1 aliphatic carbocycles. The van der Waals surface area contributed by atoms with Gasteiger partial charge >= 0.3 is 18.9 Å². The molecule has 1 rings (SSSR count). The van der Waals surface area contributed by atoms with Gasteiger partial charge in [-0.05, 0) is 0 Å². The molecule has 0 N–H and O–H groups in total. The molecule has 0 saturated heterocycles. The van der Waals surface area contributed by atoms with Crippen LogP contribution in [0, 0.1) is 11.8 Å². The van der Waals surface area contributed by atoms with E-state index in [-0.39, 0.29) is 18.9 Å². The average molecular weight is 144 g/mol. The van der Waals surface area contributed by atoms with E-state index in [0.717, 1.165) is 0 Å². The van der Waals surface area contributed by atoms with Crippen molar-refractivity contribution in [1.82, 2.24) is 0 Å². The second-order valence-electron chi connectivity index (χ2n) is 3.47. The van der Waals surface area contributed by atoms with Gasteiger partial charge in [0.2, 0.25) is 0 Å². The van der Waals surface area contributed by atoms with Crippen molar-refractivity contribution in [2.24, 2.45) is 5.92 Å². The summed E-state index contributed by atoms with van der Waals surface area (Å²) in [6, 6.07) is 0. The Morgan fingerprint density at radius 1 is 1.18 bits per heavy atom. The zero-order valence-corrected chi connectivity index (χ0v) is 8.06. The van der Waals surface area contributed by atoms with Crippen LogP contribution in [0.15, 0.2) is 12.2 Å². The molecule has 0 aliphatic heterocycles. The molecule has 1 aliphatic rings. The maximum absolute atomic E-state index is 2.33. The van der Waals surface area contributed by atoms with Crippen molar-refractivity contribution in [2.75, 3.05) is 0 Å². The minimum absolute atomic E-state index is 0. The van der Waals surface area contributed by atoms with Crippen LogP contribution in [0.3, 0.4) is 0 Å². The Morgan fingerprint density at radius 3 is 2.18 bits per heavy atom. The monoisotopic (exact) mass is 144 g/mol. The molecule has 0 bridgehead atoms. The molecule has 0 aromatic carbocycles. The molecule has 0 radical (unpaired) electrons. The maximum Gasteiger partial charge on any atom is 1.00 e. The van der Waals surface area contributed by atoms with Gasteiger partial charge in [-0.2, -0.15) is 0 Å². The largest absolute Gasteiger partial charge is 1.00 e. The van der Waals surface area contributed by atoms with Crippen molar-refractivity contribution in [3.05, 3.63) is 18.1 Å². The van der Waals surface area contributed by atoms with E-state index in [2.05, 4.69) is 26.0 Å². The first-order valence-corrected chi connectivity index (χ1v) is 4.32. The van der Waals surface area contributed by atoms with Crippen LogP contribution in [-0.2, 0) is 0 Å². The van der Waals surface area contributed by atoms with E-state index < -0.39 is 0 Å². The molecular formula is C10H17Li. The average Bonchev–Trinajstić information content (AvgIpc) is 2.34. The number of hydrogen-bond donors (Lipinski definition) is 0. The van der Waals surface area contributed by atoms with E-state index in [9.17, 15) is 0 Å². The summed E-state index contributed by atoms with van der Waals surface area (Å²) in [7, 11) is 0. The van der Waals surface area contributed by atoms with Gasteiger partial charge in [0.25, 0.3) is 0 Å². The van der Waals surface area contributed by atoms with E-state index >= 15 is 0 Å². The summed E-state index contributed by atoms with van der Waals surface area (Å²) in [6.45, 7) is 4.46. The summed E-state index contributed by atoms with van der Waals surface area (Å²) >= 11 is 0. The fourth-order valence-corrected chi connectivity index (χ4v) is 1.32. The second-order valence-corrected chi connectivity index (χ2v) is 3.47. The molecule has 0 aromatic heterocycles. The van der Waals surface area contributed by atoms with Crippen molar-refractivity contribution in [1.29, 1.82) is 0 Å². The van der Waals surface area contributed by atoms with Gasteiger partial charge in [-0.15, -0.1) is 0 Å². The Balaban J connectivity index is 0.000001000. The smallest absolute Gasteiger partial charge is 0.229 e. The Bertz CT molecular complexity index is 110. The van der Waals surface area contributed by atoms with Gasteiger partial charge in [0, 0.05) is 0 Å². The van der Waals surface area contributed by atoms with Gasteiger partial charge in [0.1, 0.15) is 0 Å². The van der Waals surface area contributed by atoms with Crippen LogP contribution in [0.4, 0.5) is 0 Å². The van der Waals surface area contributed by atoms with Gasteiger partial charge in [0.15, 0.2) is 0 Å². The van der Waals surface area contributed by atoms with E-state index in [0.29, 0.717) is 5.92 Å². The summed E-state index contributed by atoms with van der Waals surface area (Å²) in [5, 5.41) is 0. The van der Waals surface area contributed by atoms with Gasteiger partial charge in [0.05, 0.1) is 0 Å². The summed E-state index contributed by atoms with van der Waals surface area (Å²) in [5.41, 5.74) is 0. The zero-order chi connectivity index (χ0) is 7.40. The molecule has 0 amide bonds. The van der Waals surface area contributed by atoms with E-state index in [1.54, 1.807) is 5.92 Å². The zero-order valence-electron chi connectivity index (χ0n) is 8.06. The molecule has 0 atom stereocenters. The van der Waals surface area contributed by atoms with Crippen LogP contribution in [0.1, 0.15) is 39.5 Å². The quantitative estimate of drug-likeness (QED) is 0.387. The van der Waals surface area contributed by atoms with Gasteiger partial charge < -0.3 is 0 Å². The predicted molar refractivity (Wildman–Crippen MR) is 45.7 cm³/mol. The summed E-state index contributed by atoms with van der Waals surface area (Å²) in [6.07, 6.45) is 10.2. The molecule has 1 heteroatoms. The SMILES string of the molecule is CC(C)/C=C/[C-]1CCCC1.[Li+]. The first-order valence-electron chi connectivity index (χ1n) is 4.32. The first kappa shape index (κ1) is 11.2. The van der Waals surface area contributed by atoms with Gasteiger partial charge in [-0.1, -0.05) is 45.4 Å². The van der Waals surface area contributed by atoms with Crippen molar-refractivity contribution >= 4 is 0 Å². The van der Waals surface area contributed by atoms with Crippen LogP contribution in [0.5, 0.6) is 0 Å². The molecule has 58 valence electrons. The van der Waals surface area contributed by atoms with E-state index in [4.69, 9.17) is 0 Å². The minimum Gasteiger partial charge on any atom is -0.229 e. The topological polar surface area (TPSA) is 0 Å². The summed E-state index contributed by atoms with van der Waals surface area (Å²) in [4.78, 5) is 0. The normalized spacial score (nSPS) is 17.9. The Morgan fingerprint density at radius 2 is 1.73 bits per heavy atom. The fraction of sp³-hybridized carbons (Fsp3) is 0.700. The van der Waals surface area contributed by atoms with Crippen molar-refractivity contribution in [2.45, 2.75) is 39.5 Å². The molecule has 0 spiro atoms. The van der Waals surface area contributed by atoms with Crippen LogP contribution < -0.4 is 18.9 Å². The molecule has 0 nitrogen and oxygen atoms in total. The third kappa shape index (κ3) is 4.61. The molecule has 11 heavy (non-hydrogen) atoms. The maximum atomic E-state index is 2.33. The second kappa shape index (κ2) is 5.81. The Labute approximate surface area is 82.6 Å². The number of hydrogen-bond acceptors (Lipinski definition) is 0. The third-order valence-electron chi connectivity index (χ3n) is 1.96. The molecule has 1 saturated carbocycles. The molecule has 1 fully saturated rings. The number of rotatable bonds is 2. The number of allylic oxidation sites excluding steroid dienone is 2. The summed E-state index contributed by atoms with van der Waals surface area (Å²) < 4.78 is 0. The van der Waals surface area contributed by atoms with Crippen molar-refractivity contribution in [3.8, 4) is 0 Å². The Kier molecular flexibility index (Phi) is 5.92. The molecular weight excluding hydrogens is 127 g/mol. The van der Waals surface area contributed by atoms with Crippen LogP contribution in [-0.4, -0.2) is 0 Å². The van der Waals surface area contributed by atoms with Gasteiger partial charge in [-0.25, -0.2) is 18.1 Å². The molecule has 0 aromatic rings. The predicted octanol–water partition coefficient (Wildman–Crippen LogP) is 0.351. The van der Waals surface area contributed by atoms with Crippen molar-refractivity contribution < 1.29 is 18.9 Å². The van der Waals surface area contributed by atoms with Crippen LogP contribution >= 0.6 is 0 Å².